The van der Waals surface area contributed by atoms with Gasteiger partial charge in [-0.25, -0.2) is 0 Å². The SMILES string of the molecule is COc1ccccc1CC(C)N(C)Cc1cncc(Br)c1. The average molecular weight is 349 g/mol. The van der Waals surface area contributed by atoms with E-state index in [4.69, 9.17) is 4.74 Å². The maximum absolute atomic E-state index is 5.43. The van der Waals surface area contributed by atoms with Crippen molar-refractivity contribution >= 4 is 15.9 Å². The molecule has 0 radical (unpaired) electrons. The highest BCUT2D eigenvalue weighted by molar-refractivity contribution is 9.10. The Labute approximate surface area is 135 Å². The van der Waals surface area contributed by atoms with E-state index in [0.29, 0.717) is 6.04 Å². The summed E-state index contributed by atoms with van der Waals surface area (Å²) in [6, 6.07) is 10.7. The fourth-order valence-corrected chi connectivity index (χ4v) is 2.74. The number of likely N-dealkylation sites (N-methyl/N-ethyl adjacent to an activating group) is 1. The summed E-state index contributed by atoms with van der Waals surface area (Å²) in [6.07, 6.45) is 4.68. The molecular formula is C17H21BrN2O. The van der Waals surface area contributed by atoms with Crippen molar-refractivity contribution in [3.63, 3.8) is 0 Å². The van der Waals surface area contributed by atoms with Crippen LogP contribution >= 0.6 is 15.9 Å². The highest BCUT2D eigenvalue weighted by Crippen LogP contribution is 2.21. The standard InChI is InChI=1S/C17H21BrN2O/c1-13(8-15-6-4-5-7-17(15)21-3)20(2)12-14-9-16(18)11-19-10-14/h4-7,9-11,13H,8,12H2,1-3H3. The third kappa shape index (κ3) is 4.55. The second-order valence-electron chi connectivity index (χ2n) is 5.29. The molecule has 112 valence electrons. The van der Waals surface area contributed by atoms with Crippen molar-refractivity contribution in [3.8, 4) is 5.75 Å². The summed E-state index contributed by atoms with van der Waals surface area (Å²) in [6.45, 7) is 3.11. The molecule has 1 atom stereocenters. The Hall–Kier alpha value is -1.39. The van der Waals surface area contributed by atoms with E-state index in [0.717, 1.165) is 23.2 Å². The summed E-state index contributed by atoms with van der Waals surface area (Å²) >= 11 is 3.46. The molecular weight excluding hydrogens is 328 g/mol. The van der Waals surface area contributed by atoms with Gasteiger partial charge in [0.1, 0.15) is 5.75 Å². The van der Waals surface area contributed by atoms with Crippen LogP contribution in [0.4, 0.5) is 0 Å². The van der Waals surface area contributed by atoms with E-state index in [1.165, 1.54) is 11.1 Å². The zero-order valence-electron chi connectivity index (χ0n) is 12.7. The van der Waals surface area contributed by atoms with Gasteiger partial charge in [-0.3, -0.25) is 9.88 Å². The van der Waals surface area contributed by atoms with Crippen LogP contribution in [0.2, 0.25) is 0 Å². The number of hydrogen-bond acceptors (Lipinski definition) is 3. The smallest absolute Gasteiger partial charge is 0.122 e. The molecule has 1 aromatic carbocycles. The molecule has 0 aliphatic carbocycles. The molecule has 3 nitrogen and oxygen atoms in total. The average Bonchev–Trinajstić information content (AvgIpc) is 2.47. The molecule has 0 bridgehead atoms. The predicted molar refractivity (Wildman–Crippen MR) is 89.6 cm³/mol. The van der Waals surface area contributed by atoms with Gasteiger partial charge in [-0.2, -0.15) is 0 Å². The number of halogens is 1. The van der Waals surface area contributed by atoms with Crippen molar-refractivity contribution in [1.29, 1.82) is 0 Å². The summed E-state index contributed by atoms with van der Waals surface area (Å²) in [5.74, 6) is 0.960. The van der Waals surface area contributed by atoms with E-state index < -0.39 is 0 Å². The number of nitrogens with zero attached hydrogens (tertiary/aromatic N) is 2. The number of hydrogen-bond donors (Lipinski definition) is 0. The molecule has 0 aliphatic rings. The third-order valence-electron chi connectivity index (χ3n) is 3.65. The second kappa shape index (κ2) is 7.57. The van der Waals surface area contributed by atoms with Crippen LogP contribution in [0.3, 0.4) is 0 Å². The van der Waals surface area contributed by atoms with Crippen LogP contribution in [-0.2, 0) is 13.0 Å². The number of para-hydroxylation sites is 1. The molecule has 0 aliphatic heterocycles. The predicted octanol–water partition coefficient (Wildman–Crippen LogP) is 3.92. The van der Waals surface area contributed by atoms with E-state index >= 15 is 0 Å². The molecule has 2 aromatic rings. The minimum atomic E-state index is 0.417. The Bertz CT molecular complexity index is 589. The first-order valence-corrected chi connectivity index (χ1v) is 7.81. The van der Waals surface area contributed by atoms with Gasteiger partial charge in [0.2, 0.25) is 0 Å². The Morgan fingerprint density at radius 1 is 1.29 bits per heavy atom. The number of rotatable bonds is 6. The minimum absolute atomic E-state index is 0.417. The van der Waals surface area contributed by atoms with Gasteiger partial charge in [0, 0.05) is 29.5 Å². The van der Waals surface area contributed by atoms with E-state index in [9.17, 15) is 0 Å². The van der Waals surface area contributed by atoms with Crippen molar-refractivity contribution in [2.75, 3.05) is 14.2 Å². The fourth-order valence-electron chi connectivity index (χ4n) is 2.33. The molecule has 0 saturated carbocycles. The second-order valence-corrected chi connectivity index (χ2v) is 6.21. The molecule has 0 N–H and O–H groups in total. The Kier molecular flexibility index (Phi) is 5.76. The lowest BCUT2D eigenvalue weighted by atomic mass is 10.0. The Balaban J connectivity index is 2.01. The van der Waals surface area contributed by atoms with Crippen molar-refractivity contribution < 1.29 is 4.74 Å². The molecule has 1 heterocycles. The van der Waals surface area contributed by atoms with Crippen LogP contribution in [0.1, 0.15) is 18.1 Å². The van der Waals surface area contributed by atoms with E-state index in [1.54, 1.807) is 7.11 Å². The minimum Gasteiger partial charge on any atom is -0.496 e. The van der Waals surface area contributed by atoms with Gasteiger partial charge in [0.25, 0.3) is 0 Å². The highest BCUT2D eigenvalue weighted by atomic mass is 79.9. The van der Waals surface area contributed by atoms with Crippen LogP contribution in [0, 0.1) is 0 Å². The topological polar surface area (TPSA) is 25.4 Å². The Morgan fingerprint density at radius 3 is 2.76 bits per heavy atom. The summed E-state index contributed by atoms with van der Waals surface area (Å²) < 4.78 is 6.44. The van der Waals surface area contributed by atoms with Gasteiger partial charge in [-0.1, -0.05) is 18.2 Å². The maximum Gasteiger partial charge on any atom is 0.122 e. The van der Waals surface area contributed by atoms with Gasteiger partial charge in [-0.15, -0.1) is 0 Å². The molecule has 21 heavy (non-hydrogen) atoms. The van der Waals surface area contributed by atoms with Crippen LogP contribution in [0.25, 0.3) is 0 Å². The summed E-state index contributed by atoms with van der Waals surface area (Å²) in [5.41, 5.74) is 2.45. The summed E-state index contributed by atoms with van der Waals surface area (Å²) in [7, 11) is 3.86. The number of benzene rings is 1. The van der Waals surface area contributed by atoms with Gasteiger partial charge in [0.05, 0.1) is 7.11 Å². The fraction of sp³-hybridized carbons (Fsp3) is 0.353. The van der Waals surface area contributed by atoms with Gasteiger partial charge in [-0.05, 0) is 59.6 Å². The molecule has 1 unspecified atom stereocenters. The van der Waals surface area contributed by atoms with E-state index in [2.05, 4.69) is 58.0 Å². The molecule has 1 aromatic heterocycles. The third-order valence-corrected chi connectivity index (χ3v) is 4.09. The number of ether oxygens (including phenoxy) is 1. The normalized spacial score (nSPS) is 12.4. The van der Waals surface area contributed by atoms with Crippen molar-refractivity contribution in [2.24, 2.45) is 0 Å². The monoisotopic (exact) mass is 348 g/mol. The van der Waals surface area contributed by atoms with Gasteiger partial charge in [0.15, 0.2) is 0 Å². The van der Waals surface area contributed by atoms with Crippen LogP contribution in [0.5, 0.6) is 5.75 Å². The zero-order chi connectivity index (χ0) is 15.2. The Morgan fingerprint density at radius 2 is 2.05 bits per heavy atom. The van der Waals surface area contributed by atoms with E-state index in [1.807, 2.05) is 24.5 Å². The lowest BCUT2D eigenvalue weighted by Crippen LogP contribution is -2.30. The lowest BCUT2D eigenvalue weighted by molar-refractivity contribution is 0.246. The molecule has 0 fully saturated rings. The van der Waals surface area contributed by atoms with Crippen molar-refractivity contribution in [2.45, 2.75) is 25.9 Å². The quantitative estimate of drug-likeness (QED) is 0.791. The van der Waals surface area contributed by atoms with Crippen LogP contribution < -0.4 is 4.74 Å². The van der Waals surface area contributed by atoms with E-state index in [-0.39, 0.29) is 0 Å². The summed E-state index contributed by atoms with van der Waals surface area (Å²) in [5, 5.41) is 0. The van der Waals surface area contributed by atoms with Crippen LogP contribution in [-0.4, -0.2) is 30.1 Å². The number of aromatic nitrogens is 1. The molecule has 0 saturated heterocycles. The van der Waals surface area contributed by atoms with Gasteiger partial charge >= 0.3 is 0 Å². The first kappa shape index (κ1) is 16.0. The highest BCUT2D eigenvalue weighted by Gasteiger charge is 2.13. The van der Waals surface area contributed by atoms with Crippen molar-refractivity contribution in [1.82, 2.24) is 9.88 Å². The first-order valence-electron chi connectivity index (χ1n) is 7.01. The molecule has 4 heteroatoms. The largest absolute Gasteiger partial charge is 0.496 e. The summed E-state index contributed by atoms with van der Waals surface area (Å²) in [4.78, 5) is 6.54. The molecule has 0 spiro atoms. The van der Waals surface area contributed by atoms with Crippen molar-refractivity contribution in [3.05, 3.63) is 58.3 Å². The molecule has 0 amide bonds. The van der Waals surface area contributed by atoms with Gasteiger partial charge < -0.3 is 4.74 Å². The zero-order valence-corrected chi connectivity index (χ0v) is 14.3. The maximum atomic E-state index is 5.43. The molecule has 2 rings (SSSR count). The number of pyridine rings is 1. The van der Waals surface area contributed by atoms with Crippen LogP contribution in [0.15, 0.2) is 47.2 Å². The first-order chi connectivity index (χ1) is 10.1. The number of methoxy groups -OCH3 is 1. The lowest BCUT2D eigenvalue weighted by Gasteiger charge is -2.25.